The average molecular weight is 286 g/mol. The summed E-state index contributed by atoms with van der Waals surface area (Å²) in [5.74, 6) is -0.836. The number of carbonyl (C=O) groups is 2. The number of likely N-dealkylation sites (N-methyl/N-ethyl adjacent to an activating group) is 1. The summed E-state index contributed by atoms with van der Waals surface area (Å²) in [6.45, 7) is 9.13. The van der Waals surface area contributed by atoms with Crippen LogP contribution >= 0.6 is 0 Å². The minimum Gasteiger partial charge on any atom is -0.481 e. The third-order valence-electron chi connectivity index (χ3n) is 3.47. The second-order valence-corrected chi connectivity index (χ2v) is 6.55. The Kier molecular flexibility index (Phi) is 5.02. The maximum absolute atomic E-state index is 11.9. The van der Waals surface area contributed by atoms with Gasteiger partial charge in [-0.1, -0.05) is 6.92 Å². The molecule has 0 atom stereocenters. The lowest BCUT2D eigenvalue weighted by atomic mass is 9.84. The molecular weight excluding hydrogens is 260 g/mol. The molecule has 0 aromatic rings. The zero-order valence-electron chi connectivity index (χ0n) is 13.1. The predicted octanol–water partition coefficient (Wildman–Crippen LogP) is 1.79. The molecule has 1 fully saturated rings. The molecule has 0 bridgehead atoms. The molecule has 1 N–H and O–H groups in total. The molecule has 1 saturated heterocycles. The van der Waals surface area contributed by atoms with Crippen molar-refractivity contribution in [3.63, 3.8) is 0 Å². The van der Waals surface area contributed by atoms with E-state index in [2.05, 4.69) is 6.92 Å². The van der Waals surface area contributed by atoms with E-state index >= 15 is 0 Å². The Labute approximate surface area is 120 Å². The lowest BCUT2D eigenvalue weighted by Crippen LogP contribution is -2.71. The maximum atomic E-state index is 11.9. The van der Waals surface area contributed by atoms with Crippen LogP contribution < -0.4 is 0 Å². The molecule has 6 heteroatoms. The normalized spacial score (nSPS) is 17.8. The van der Waals surface area contributed by atoms with E-state index in [9.17, 15) is 9.59 Å². The Bertz CT molecular complexity index is 370. The van der Waals surface area contributed by atoms with Crippen LogP contribution in [-0.4, -0.2) is 64.8 Å². The Hall–Kier alpha value is -1.30. The molecular formula is C14H26N2O4. The molecule has 1 aliphatic rings. The minimum absolute atomic E-state index is 0.0444. The summed E-state index contributed by atoms with van der Waals surface area (Å²) in [6.07, 6.45) is 0.621. The van der Waals surface area contributed by atoms with Crippen LogP contribution in [0.3, 0.4) is 0 Å². The van der Waals surface area contributed by atoms with E-state index in [-0.39, 0.29) is 12.5 Å². The molecule has 0 aliphatic carbocycles. The lowest BCUT2D eigenvalue weighted by molar-refractivity contribution is -0.145. The van der Waals surface area contributed by atoms with Crippen molar-refractivity contribution in [2.75, 3.05) is 26.7 Å². The van der Waals surface area contributed by atoms with Gasteiger partial charge in [0.15, 0.2) is 0 Å². The van der Waals surface area contributed by atoms with E-state index in [0.29, 0.717) is 13.1 Å². The highest BCUT2D eigenvalue weighted by atomic mass is 16.6. The van der Waals surface area contributed by atoms with E-state index in [4.69, 9.17) is 9.84 Å². The molecule has 1 heterocycles. The first-order valence-electron chi connectivity index (χ1n) is 7.00. The third-order valence-corrected chi connectivity index (χ3v) is 3.47. The maximum Gasteiger partial charge on any atom is 0.410 e. The van der Waals surface area contributed by atoms with Crippen molar-refractivity contribution >= 4 is 12.1 Å². The Balaban J connectivity index is 2.66. The van der Waals surface area contributed by atoms with Crippen LogP contribution in [0.15, 0.2) is 0 Å². The average Bonchev–Trinajstić information content (AvgIpc) is 2.19. The first-order valence-corrected chi connectivity index (χ1v) is 7.00. The van der Waals surface area contributed by atoms with Gasteiger partial charge in [0, 0.05) is 13.1 Å². The summed E-state index contributed by atoms with van der Waals surface area (Å²) in [4.78, 5) is 26.6. The Morgan fingerprint density at radius 2 is 1.90 bits per heavy atom. The third kappa shape index (κ3) is 4.10. The quantitative estimate of drug-likeness (QED) is 0.834. The van der Waals surface area contributed by atoms with E-state index in [1.807, 2.05) is 32.7 Å². The molecule has 1 aliphatic heterocycles. The lowest BCUT2D eigenvalue weighted by Gasteiger charge is -2.54. The van der Waals surface area contributed by atoms with Crippen LogP contribution in [0, 0.1) is 0 Å². The van der Waals surface area contributed by atoms with Gasteiger partial charge < -0.3 is 14.7 Å². The summed E-state index contributed by atoms with van der Waals surface area (Å²) < 4.78 is 5.30. The zero-order chi connectivity index (χ0) is 15.6. The second kappa shape index (κ2) is 5.99. The van der Waals surface area contributed by atoms with Gasteiger partial charge in [-0.25, -0.2) is 4.79 Å². The van der Waals surface area contributed by atoms with E-state index in [1.54, 1.807) is 4.90 Å². The molecule has 1 amide bonds. The van der Waals surface area contributed by atoms with Crippen LogP contribution in [0.4, 0.5) is 4.79 Å². The van der Waals surface area contributed by atoms with E-state index in [0.717, 1.165) is 13.0 Å². The number of amides is 1. The van der Waals surface area contributed by atoms with Gasteiger partial charge in [0.05, 0.1) is 12.0 Å². The highest BCUT2D eigenvalue weighted by molar-refractivity contribution is 5.73. The number of hydrogen-bond acceptors (Lipinski definition) is 4. The van der Waals surface area contributed by atoms with Crippen molar-refractivity contribution in [2.24, 2.45) is 0 Å². The second-order valence-electron chi connectivity index (χ2n) is 6.55. The molecule has 0 spiro atoms. The van der Waals surface area contributed by atoms with Gasteiger partial charge in [-0.2, -0.15) is 0 Å². The number of aliphatic carboxylic acids is 1. The molecule has 0 aromatic heterocycles. The van der Waals surface area contributed by atoms with Crippen LogP contribution in [-0.2, 0) is 9.53 Å². The molecule has 116 valence electrons. The summed E-state index contributed by atoms with van der Waals surface area (Å²) in [5, 5.41) is 9.08. The monoisotopic (exact) mass is 286 g/mol. The molecule has 1 rings (SSSR count). The minimum atomic E-state index is -0.836. The topological polar surface area (TPSA) is 70.1 Å². The van der Waals surface area contributed by atoms with Crippen molar-refractivity contribution in [1.82, 2.24) is 9.80 Å². The molecule has 0 unspecified atom stereocenters. The number of nitrogens with zero attached hydrogens (tertiary/aromatic N) is 2. The summed E-state index contributed by atoms with van der Waals surface area (Å²) in [7, 11) is 1.92. The standard InChI is InChI=1S/C14H26N2O4/c1-6-7-15(5)14(8-11(17)18)9-16(10-14)12(19)20-13(2,3)4/h6-10H2,1-5H3,(H,17,18). The van der Waals surface area contributed by atoms with Crippen molar-refractivity contribution < 1.29 is 19.4 Å². The molecule has 0 aromatic carbocycles. The summed E-state index contributed by atoms with van der Waals surface area (Å²) in [5.41, 5.74) is -0.990. The highest BCUT2D eigenvalue weighted by Crippen LogP contribution is 2.31. The summed E-state index contributed by atoms with van der Waals surface area (Å²) in [6, 6.07) is 0. The van der Waals surface area contributed by atoms with Crippen LogP contribution in [0.25, 0.3) is 0 Å². The summed E-state index contributed by atoms with van der Waals surface area (Å²) >= 11 is 0. The number of likely N-dealkylation sites (tertiary alicyclic amines) is 1. The first kappa shape index (κ1) is 16.8. The Morgan fingerprint density at radius 1 is 1.35 bits per heavy atom. The van der Waals surface area contributed by atoms with E-state index < -0.39 is 17.1 Å². The van der Waals surface area contributed by atoms with Crippen molar-refractivity contribution in [2.45, 2.75) is 51.7 Å². The number of ether oxygens (including phenoxy) is 1. The van der Waals surface area contributed by atoms with Crippen molar-refractivity contribution in [3.8, 4) is 0 Å². The molecule has 0 saturated carbocycles. The first-order chi connectivity index (χ1) is 9.09. The van der Waals surface area contributed by atoms with Crippen LogP contribution in [0.2, 0.25) is 0 Å². The van der Waals surface area contributed by atoms with Crippen molar-refractivity contribution in [3.05, 3.63) is 0 Å². The fraction of sp³-hybridized carbons (Fsp3) is 0.857. The number of carboxylic acid groups (broad SMARTS) is 1. The molecule has 0 radical (unpaired) electrons. The fourth-order valence-corrected chi connectivity index (χ4v) is 2.46. The highest BCUT2D eigenvalue weighted by Gasteiger charge is 2.50. The van der Waals surface area contributed by atoms with Crippen LogP contribution in [0.1, 0.15) is 40.5 Å². The molecule has 20 heavy (non-hydrogen) atoms. The van der Waals surface area contributed by atoms with E-state index in [1.165, 1.54) is 0 Å². The van der Waals surface area contributed by atoms with Crippen LogP contribution in [0.5, 0.6) is 0 Å². The molecule has 6 nitrogen and oxygen atoms in total. The van der Waals surface area contributed by atoms with Gasteiger partial charge in [0.2, 0.25) is 0 Å². The van der Waals surface area contributed by atoms with Gasteiger partial charge >= 0.3 is 12.1 Å². The Morgan fingerprint density at radius 3 is 2.30 bits per heavy atom. The fourth-order valence-electron chi connectivity index (χ4n) is 2.46. The van der Waals surface area contributed by atoms with Gasteiger partial charge in [-0.3, -0.25) is 9.69 Å². The number of hydrogen-bond donors (Lipinski definition) is 1. The smallest absolute Gasteiger partial charge is 0.410 e. The predicted molar refractivity (Wildman–Crippen MR) is 75.7 cm³/mol. The zero-order valence-corrected chi connectivity index (χ0v) is 13.1. The van der Waals surface area contributed by atoms with Gasteiger partial charge in [-0.15, -0.1) is 0 Å². The SMILES string of the molecule is CCCN(C)C1(CC(=O)O)CN(C(=O)OC(C)(C)C)C1. The number of carboxylic acids is 1. The number of carbonyl (C=O) groups excluding carboxylic acids is 1. The number of rotatable bonds is 5. The van der Waals surface area contributed by atoms with Gasteiger partial charge in [-0.05, 0) is 40.8 Å². The van der Waals surface area contributed by atoms with Crippen molar-refractivity contribution in [1.29, 1.82) is 0 Å². The largest absolute Gasteiger partial charge is 0.481 e. The van der Waals surface area contributed by atoms with Gasteiger partial charge in [0.1, 0.15) is 5.60 Å². The van der Waals surface area contributed by atoms with Gasteiger partial charge in [0.25, 0.3) is 0 Å².